The lowest BCUT2D eigenvalue weighted by Crippen LogP contribution is -2.51. The molecule has 0 bridgehead atoms. The van der Waals surface area contributed by atoms with Gasteiger partial charge in [-0.1, -0.05) is 31.5 Å². The van der Waals surface area contributed by atoms with Crippen molar-refractivity contribution in [1.29, 1.82) is 0 Å². The monoisotopic (exact) mass is 490 g/mol. The number of hydrogen-bond donors (Lipinski definition) is 2. The molecule has 9 heteroatoms. The summed E-state index contributed by atoms with van der Waals surface area (Å²) in [6, 6.07) is 12.3. The van der Waals surface area contributed by atoms with E-state index in [0.29, 0.717) is 19.5 Å². The predicted octanol–water partition coefficient (Wildman–Crippen LogP) is 2.77. The van der Waals surface area contributed by atoms with Crippen LogP contribution in [0.1, 0.15) is 25.8 Å². The number of sulfonamides is 1. The van der Waals surface area contributed by atoms with Crippen molar-refractivity contribution < 1.29 is 17.6 Å². The molecule has 1 saturated heterocycles. The second-order valence-corrected chi connectivity index (χ2v) is 10.9. The van der Waals surface area contributed by atoms with Gasteiger partial charge >= 0.3 is 0 Å². The molecule has 3 rings (SSSR count). The highest BCUT2D eigenvalue weighted by molar-refractivity contribution is 7.89. The van der Waals surface area contributed by atoms with E-state index in [9.17, 15) is 17.6 Å². The minimum atomic E-state index is -3.80. The van der Waals surface area contributed by atoms with Crippen LogP contribution in [-0.2, 0) is 14.8 Å². The summed E-state index contributed by atoms with van der Waals surface area (Å²) in [6.07, 6.45) is 0.410. The summed E-state index contributed by atoms with van der Waals surface area (Å²) in [7, 11) is -3.80. The molecular formula is C25H35FN4O3S. The summed E-state index contributed by atoms with van der Waals surface area (Å²) in [5.41, 5.74) is 1.97. The lowest BCUT2D eigenvalue weighted by molar-refractivity contribution is -0.123. The molecule has 186 valence electrons. The number of nitrogens with zero attached hydrogens (tertiary/aromatic N) is 2. The molecule has 0 aliphatic carbocycles. The highest BCUT2D eigenvalue weighted by Gasteiger charge is 2.26. The fourth-order valence-electron chi connectivity index (χ4n) is 3.99. The third-order valence-corrected chi connectivity index (χ3v) is 7.43. The number of piperazine rings is 1. The average molecular weight is 491 g/mol. The van der Waals surface area contributed by atoms with Crippen molar-refractivity contribution in [3.63, 3.8) is 0 Å². The molecule has 1 atom stereocenters. The highest BCUT2D eigenvalue weighted by Crippen LogP contribution is 2.17. The van der Waals surface area contributed by atoms with Gasteiger partial charge in [0.25, 0.3) is 0 Å². The van der Waals surface area contributed by atoms with Crippen LogP contribution in [0, 0.1) is 18.7 Å². The van der Waals surface area contributed by atoms with Crippen LogP contribution < -0.4 is 14.9 Å². The Balaban J connectivity index is 1.49. The number of benzene rings is 2. The van der Waals surface area contributed by atoms with Gasteiger partial charge in [0.2, 0.25) is 15.9 Å². The van der Waals surface area contributed by atoms with Gasteiger partial charge in [-0.05, 0) is 55.7 Å². The Morgan fingerprint density at radius 2 is 1.62 bits per heavy atom. The van der Waals surface area contributed by atoms with E-state index < -0.39 is 16.1 Å². The smallest absolute Gasteiger partial charge is 0.241 e. The summed E-state index contributed by atoms with van der Waals surface area (Å²) < 4.78 is 41.3. The van der Waals surface area contributed by atoms with Gasteiger partial charge in [-0.25, -0.2) is 12.8 Å². The van der Waals surface area contributed by atoms with E-state index in [1.165, 1.54) is 12.1 Å². The topological polar surface area (TPSA) is 81.7 Å². The van der Waals surface area contributed by atoms with Gasteiger partial charge < -0.3 is 10.2 Å². The van der Waals surface area contributed by atoms with Crippen LogP contribution >= 0.6 is 0 Å². The van der Waals surface area contributed by atoms with Crippen LogP contribution in [0.4, 0.5) is 10.1 Å². The molecule has 2 aromatic rings. The molecule has 7 nitrogen and oxygen atoms in total. The maximum absolute atomic E-state index is 13.1. The van der Waals surface area contributed by atoms with Crippen LogP contribution in [-0.4, -0.2) is 64.5 Å². The zero-order chi connectivity index (χ0) is 24.7. The second kappa shape index (κ2) is 11.8. The van der Waals surface area contributed by atoms with Crippen molar-refractivity contribution >= 4 is 21.6 Å². The Bertz CT molecular complexity index is 1030. The molecule has 1 unspecified atom stereocenters. The van der Waals surface area contributed by atoms with E-state index in [0.717, 1.165) is 37.4 Å². The maximum Gasteiger partial charge on any atom is 0.241 e. The number of carbonyl (C=O) groups excluding carboxylic acids is 1. The van der Waals surface area contributed by atoms with Crippen molar-refractivity contribution in [1.82, 2.24) is 14.9 Å². The standard InChI is InChI=1S/C25H35FN4O3S/c1-19(2)18-24(28-34(32,33)23-10-4-20(3)5-11-23)25(31)27-12-13-29-14-16-30(17-15-29)22-8-6-21(26)7-9-22/h4-11,19,24,28H,12-18H2,1-3H3,(H,27,31). The molecule has 1 aliphatic heterocycles. The van der Waals surface area contributed by atoms with E-state index in [1.54, 1.807) is 36.4 Å². The predicted molar refractivity (Wildman–Crippen MR) is 133 cm³/mol. The molecule has 34 heavy (non-hydrogen) atoms. The molecule has 2 aromatic carbocycles. The van der Waals surface area contributed by atoms with Gasteiger partial charge in [0.15, 0.2) is 0 Å². The summed E-state index contributed by atoms with van der Waals surface area (Å²) >= 11 is 0. The van der Waals surface area contributed by atoms with Crippen LogP contribution in [0.15, 0.2) is 53.4 Å². The van der Waals surface area contributed by atoms with Gasteiger partial charge in [0, 0.05) is 45.0 Å². The van der Waals surface area contributed by atoms with Crippen LogP contribution in [0.3, 0.4) is 0 Å². The lowest BCUT2D eigenvalue weighted by atomic mass is 10.0. The average Bonchev–Trinajstić information content (AvgIpc) is 2.79. The fraction of sp³-hybridized carbons (Fsp3) is 0.480. The Kier molecular flexibility index (Phi) is 9.04. The highest BCUT2D eigenvalue weighted by atomic mass is 32.2. The Labute approximate surface area is 202 Å². The van der Waals surface area contributed by atoms with E-state index >= 15 is 0 Å². The van der Waals surface area contributed by atoms with Gasteiger partial charge in [-0.2, -0.15) is 4.72 Å². The Morgan fingerprint density at radius 1 is 1.00 bits per heavy atom. The lowest BCUT2D eigenvalue weighted by Gasteiger charge is -2.36. The quantitative estimate of drug-likeness (QED) is 0.535. The molecule has 1 aliphatic rings. The van der Waals surface area contributed by atoms with Gasteiger partial charge in [-0.3, -0.25) is 9.69 Å². The van der Waals surface area contributed by atoms with Crippen molar-refractivity contribution in [2.24, 2.45) is 5.92 Å². The number of halogens is 1. The van der Waals surface area contributed by atoms with Crippen LogP contribution in [0.2, 0.25) is 0 Å². The number of nitrogens with one attached hydrogen (secondary N) is 2. The van der Waals surface area contributed by atoms with E-state index in [4.69, 9.17) is 0 Å². The van der Waals surface area contributed by atoms with Gasteiger partial charge in [0.1, 0.15) is 11.9 Å². The Morgan fingerprint density at radius 3 is 2.21 bits per heavy atom. The van der Waals surface area contributed by atoms with Crippen LogP contribution in [0.25, 0.3) is 0 Å². The molecule has 0 aromatic heterocycles. The normalized spacial score (nSPS) is 16.0. The molecule has 1 fully saturated rings. The summed E-state index contributed by atoms with van der Waals surface area (Å²) in [6.45, 7) is 10.3. The third kappa shape index (κ3) is 7.51. The van der Waals surface area contributed by atoms with E-state index in [2.05, 4.69) is 19.8 Å². The minimum absolute atomic E-state index is 0.149. The molecule has 1 heterocycles. The van der Waals surface area contributed by atoms with Crippen molar-refractivity contribution in [2.45, 2.75) is 38.1 Å². The second-order valence-electron chi connectivity index (χ2n) is 9.21. The number of carbonyl (C=O) groups is 1. The number of rotatable bonds is 10. The molecule has 1 amide bonds. The molecular weight excluding hydrogens is 455 g/mol. The molecule has 0 saturated carbocycles. The maximum atomic E-state index is 13.1. The van der Waals surface area contributed by atoms with Gasteiger partial charge in [0.05, 0.1) is 4.90 Å². The SMILES string of the molecule is Cc1ccc(S(=O)(=O)NC(CC(C)C)C(=O)NCCN2CCN(c3ccc(F)cc3)CC2)cc1. The first-order valence-corrected chi connectivity index (χ1v) is 13.2. The van der Waals surface area contributed by atoms with Crippen LogP contribution in [0.5, 0.6) is 0 Å². The fourth-order valence-corrected chi connectivity index (χ4v) is 5.20. The number of aryl methyl sites for hydroxylation is 1. The van der Waals surface area contributed by atoms with Gasteiger partial charge in [-0.15, -0.1) is 0 Å². The Hall–Kier alpha value is -2.49. The third-order valence-electron chi connectivity index (χ3n) is 5.94. The first-order valence-electron chi connectivity index (χ1n) is 11.7. The number of amides is 1. The zero-order valence-electron chi connectivity index (χ0n) is 20.1. The van der Waals surface area contributed by atoms with E-state index in [1.807, 2.05) is 20.8 Å². The van der Waals surface area contributed by atoms with Crippen molar-refractivity contribution in [3.8, 4) is 0 Å². The molecule has 0 radical (unpaired) electrons. The van der Waals surface area contributed by atoms with Crippen molar-refractivity contribution in [3.05, 3.63) is 59.9 Å². The zero-order valence-corrected chi connectivity index (χ0v) is 20.9. The summed E-state index contributed by atoms with van der Waals surface area (Å²) in [5, 5.41) is 2.90. The summed E-state index contributed by atoms with van der Waals surface area (Å²) in [5.74, 6) is -0.402. The minimum Gasteiger partial charge on any atom is -0.369 e. The first-order chi connectivity index (χ1) is 16.1. The molecule has 0 spiro atoms. The molecule has 2 N–H and O–H groups in total. The largest absolute Gasteiger partial charge is 0.369 e. The number of anilines is 1. The van der Waals surface area contributed by atoms with Crippen molar-refractivity contribution in [2.75, 3.05) is 44.2 Å². The summed E-state index contributed by atoms with van der Waals surface area (Å²) in [4.78, 5) is 17.5. The number of hydrogen-bond acceptors (Lipinski definition) is 5. The van der Waals surface area contributed by atoms with E-state index in [-0.39, 0.29) is 22.5 Å². The first kappa shape index (κ1) is 26.1.